The second-order valence-electron chi connectivity index (χ2n) is 11.1. The zero-order valence-corrected chi connectivity index (χ0v) is 23.8. The smallest absolute Gasteiger partial charge is 0.00206 e. The molecule has 0 N–H and O–H groups in total. The van der Waals surface area contributed by atoms with Gasteiger partial charge >= 0.3 is 0 Å². The van der Waals surface area contributed by atoms with E-state index in [0.717, 1.165) is 12.8 Å². The fraction of sp³-hybridized carbons (Fsp3) is 0.200. The molecule has 0 spiro atoms. The van der Waals surface area contributed by atoms with Gasteiger partial charge in [-0.2, -0.15) is 0 Å². The van der Waals surface area contributed by atoms with Crippen LogP contribution in [-0.4, -0.2) is 0 Å². The van der Waals surface area contributed by atoms with Gasteiger partial charge in [0.1, 0.15) is 0 Å². The van der Waals surface area contributed by atoms with Crippen LogP contribution in [0, 0.1) is 0 Å². The van der Waals surface area contributed by atoms with Crippen LogP contribution in [0.25, 0.3) is 56.6 Å². The molecule has 0 radical (unpaired) electrons. The summed E-state index contributed by atoms with van der Waals surface area (Å²) in [5.74, 6) is 0. The molecule has 0 atom stereocenters. The van der Waals surface area contributed by atoms with E-state index >= 15 is 0 Å². The van der Waals surface area contributed by atoms with Crippen LogP contribution >= 0.6 is 0 Å². The second kappa shape index (κ2) is 11.9. The minimum absolute atomic E-state index is 1.16. The first-order valence-corrected chi connectivity index (χ1v) is 15.0. The number of unbranched alkanes of at least 4 members (excludes halogenated alkanes) is 2. The topological polar surface area (TPSA) is 0 Å². The molecule has 0 aromatic heterocycles. The van der Waals surface area contributed by atoms with E-state index in [9.17, 15) is 0 Å². The lowest BCUT2D eigenvalue weighted by Crippen LogP contribution is -1.88. The first-order chi connectivity index (χ1) is 19.7. The summed E-state index contributed by atoms with van der Waals surface area (Å²) in [6.45, 7) is 4.50. The van der Waals surface area contributed by atoms with E-state index in [4.69, 9.17) is 0 Å². The van der Waals surface area contributed by atoms with Crippen molar-refractivity contribution >= 4 is 56.6 Å². The number of hydrogen-bond donors (Lipinski definition) is 0. The van der Waals surface area contributed by atoms with Crippen LogP contribution in [0.5, 0.6) is 0 Å². The van der Waals surface area contributed by atoms with E-state index in [1.807, 2.05) is 0 Å². The molecule has 0 saturated carbocycles. The van der Waals surface area contributed by atoms with Crippen LogP contribution in [0.3, 0.4) is 0 Å². The third kappa shape index (κ3) is 5.45. The van der Waals surface area contributed by atoms with Crippen molar-refractivity contribution in [2.24, 2.45) is 0 Å². The van der Waals surface area contributed by atoms with Gasteiger partial charge in [-0.15, -0.1) is 0 Å². The van der Waals surface area contributed by atoms with Crippen LogP contribution in [-0.2, 0) is 12.8 Å². The van der Waals surface area contributed by atoms with Crippen molar-refractivity contribution in [2.75, 3.05) is 0 Å². The molecule has 6 rings (SSSR count). The van der Waals surface area contributed by atoms with Crippen LogP contribution in [0.15, 0.2) is 97.1 Å². The Bertz CT molecular complexity index is 1650. The molecule has 0 aliphatic rings. The quantitative estimate of drug-likeness (QED) is 0.125. The Kier molecular flexibility index (Phi) is 7.78. The average molecular weight is 519 g/mol. The van der Waals surface area contributed by atoms with E-state index in [0.29, 0.717) is 0 Å². The van der Waals surface area contributed by atoms with Gasteiger partial charge in [-0.25, -0.2) is 0 Å². The standard InChI is InChI=1S/C40H38/c1-3-5-7-29-9-13-31(14-10-29)17-19-33-21-23-35-25-26-36-24-22-34(38-28-27-37(33)39(35)40(36)38)20-18-32-15-11-30(12-16-32)8-6-4-2/h9-28H,3-8H2,1-2H3. The average Bonchev–Trinajstić information content (AvgIpc) is 3.01. The first kappa shape index (κ1) is 26.1. The van der Waals surface area contributed by atoms with Crippen molar-refractivity contribution in [3.05, 3.63) is 130 Å². The highest BCUT2D eigenvalue weighted by molar-refractivity contribution is 6.25. The van der Waals surface area contributed by atoms with Gasteiger partial charge in [-0.1, -0.05) is 148 Å². The summed E-state index contributed by atoms with van der Waals surface area (Å²) < 4.78 is 0. The third-order valence-corrected chi connectivity index (χ3v) is 8.24. The Morgan fingerprint density at radius 1 is 0.425 bits per heavy atom. The van der Waals surface area contributed by atoms with Crippen molar-refractivity contribution in [1.82, 2.24) is 0 Å². The van der Waals surface area contributed by atoms with E-state index in [1.54, 1.807) is 0 Å². The van der Waals surface area contributed by atoms with E-state index < -0.39 is 0 Å². The van der Waals surface area contributed by atoms with Crippen molar-refractivity contribution < 1.29 is 0 Å². The highest BCUT2D eigenvalue weighted by atomic mass is 14.1. The Hall–Kier alpha value is -4.16. The highest BCUT2D eigenvalue weighted by Gasteiger charge is 2.11. The van der Waals surface area contributed by atoms with Crippen LogP contribution in [0.2, 0.25) is 0 Å². The monoisotopic (exact) mass is 518 g/mol. The minimum atomic E-state index is 1.16. The largest absolute Gasteiger partial charge is 0.0654 e. The Morgan fingerprint density at radius 3 is 1.23 bits per heavy atom. The second-order valence-corrected chi connectivity index (χ2v) is 11.1. The minimum Gasteiger partial charge on any atom is -0.0654 e. The zero-order chi connectivity index (χ0) is 27.3. The van der Waals surface area contributed by atoms with Crippen LogP contribution < -0.4 is 0 Å². The zero-order valence-electron chi connectivity index (χ0n) is 23.8. The van der Waals surface area contributed by atoms with Gasteiger partial charge in [0.05, 0.1) is 0 Å². The number of rotatable bonds is 10. The Morgan fingerprint density at radius 2 is 0.825 bits per heavy atom. The molecule has 0 aliphatic heterocycles. The SMILES string of the molecule is CCCCc1ccc(C=Cc2ccc3ccc4ccc(C=Cc5ccc(CCCC)cc5)c5ccc2c3c45)cc1. The lowest BCUT2D eigenvalue weighted by Gasteiger charge is -2.14. The van der Waals surface area contributed by atoms with E-state index in [1.165, 1.54) is 91.4 Å². The predicted molar refractivity (Wildman–Crippen MR) is 178 cm³/mol. The molecular formula is C40H38. The van der Waals surface area contributed by atoms with Gasteiger partial charge in [0, 0.05) is 0 Å². The van der Waals surface area contributed by atoms with Crippen molar-refractivity contribution in [3.63, 3.8) is 0 Å². The van der Waals surface area contributed by atoms with E-state index in [-0.39, 0.29) is 0 Å². The molecule has 198 valence electrons. The lowest BCUT2D eigenvalue weighted by atomic mass is 9.89. The molecule has 0 aliphatic carbocycles. The molecule has 6 aromatic rings. The number of aryl methyl sites for hydroxylation is 2. The Balaban J connectivity index is 1.34. The molecule has 0 heteroatoms. The molecule has 0 unspecified atom stereocenters. The maximum Gasteiger partial charge on any atom is -0.00206 e. The molecule has 0 nitrogen and oxygen atoms in total. The third-order valence-electron chi connectivity index (χ3n) is 8.24. The lowest BCUT2D eigenvalue weighted by molar-refractivity contribution is 0.795. The van der Waals surface area contributed by atoms with Crippen molar-refractivity contribution in [3.8, 4) is 0 Å². The van der Waals surface area contributed by atoms with Crippen molar-refractivity contribution in [2.45, 2.75) is 52.4 Å². The molecule has 0 heterocycles. The molecular weight excluding hydrogens is 480 g/mol. The van der Waals surface area contributed by atoms with Gasteiger partial charge in [0.25, 0.3) is 0 Å². The summed E-state index contributed by atoms with van der Waals surface area (Å²) in [4.78, 5) is 0. The fourth-order valence-corrected chi connectivity index (χ4v) is 5.86. The van der Waals surface area contributed by atoms with Gasteiger partial charge < -0.3 is 0 Å². The molecule has 0 saturated heterocycles. The maximum absolute atomic E-state index is 2.32. The number of benzene rings is 6. The first-order valence-electron chi connectivity index (χ1n) is 15.0. The summed E-state index contributed by atoms with van der Waals surface area (Å²) in [6, 6.07) is 36.3. The van der Waals surface area contributed by atoms with Gasteiger partial charge in [-0.05, 0) is 91.4 Å². The maximum atomic E-state index is 2.32. The normalized spacial score (nSPS) is 12.2. The molecule has 6 aromatic carbocycles. The summed E-state index contributed by atoms with van der Waals surface area (Å²) in [7, 11) is 0. The summed E-state index contributed by atoms with van der Waals surface area (Å²) >= 11 is 0. The Labute approximate surface area is 239 Å². The summed E-state index contributed by atoms with van der Waals surface area (Å²) in [5.41, 5.74) is 7.88. The van der Waals surface area contributed by atoms with Gasteiger partial charge in [0.2, 0.25) is 0 Å². The van der Waals surface area contributed by atoms with Gasteiger partial charge in [-0.3, -0.25) is 0 Å². The molecule has 0 amide bonds. The van der Waals surface area contributed by atoms with Crippen LogP contribution in [0.4, 0.5) is 0 Å². The van der Waals surface area contributed by atoms with Crippen molar-refractivity contribution in [1.29, 1.82) is 0 Å². The summed E-state index contributed by atoms with van der Waals surface area (Å²) in [6.07, 6.45) is 16.4. The highest BCUT2D eigenvalue weighted by Crippen LogP contribution is 2.38. The molecule has 0 bridgehead atoms. The van der Waals surface area contributed by atoms with Crippen LogP contribution in [0.1, 0.15) is 72.9 Å². The molecule has 40 heavy (non-hydrogen) atoms. The number of hydrogen-bond acceptors (Lipinski definition) is 0. The molecule has 0 fully saturated rings. The van der Waals surface area contributed by atoms with Gasteiger partial charge in [0.15, 0.2) is 0 Å². The fourth-order valence-electron chi connectivity index (χ4n) is 5.86. The van der Waals surface area contributed by atoms with E-state index in [2.05, 4.69) is 135 Å². The summed E-state index contributed by atoms with van der Waals surface area (Å²) in [5, 5.41) is 7.96. The predicted octanol–water partition coefficient (Wildman–Crippen LogP) is 11.6.